The van der Waals surface area contributed by atoms with Gasteiger partial charge in [0.05, 0.1) is 5.39 Å². The number of aromatic nitrogens is 3. The third-order valence-corrected chi connectivity index (χ3v) is 5.94. The van der Waals surface area contributed by atoms with Crippen molar-refractivity contribution in [2.45, 2.75) is 18.9 Å². The van der Waals surface area contributed by atoms with Crippen molar-refractivity contribution in [3.8, 4) is 0 Å². The van der Waals surface area contributed by atoms with Crippen molar-refractivity contribution < 1.29 is 8.42 Å². The highest BCUT2D eigenvalue weighted by Crippen LogP contribution is 2.41. The van der Waals surface area contributed by atoms with Gasteiger partial charge in [0.1, 0.15) is 17.8 Å². The Kier molecular flexibility index (Phi) is 3.30. The van der Waals surface area contributed by atoms with E-state index in [1.807, 2.05) is 12.3 Å². The number of hydrogen-bond acceptors (Lipinski definition) is 5. The van der Waals surface area contributed by atoms with Crippen LogP contribution in [0.5, 0.6) is 0 Å². The van der Waals surface area contributed by atoms with Gasteiger partial charge in [-0.3, -0.25) is 0 Å². The van der Waals surface area contributed by atoms with Gasteiger partial charge in [0.15, 0.2) is 0 Å². The van der Waals surface area contributed by atoms with E-state index in [4.69, 9.17) is 0 Å². The number of rotatable bonds is 3. The minimum Gasteiger partial charge on any atom is -0.356 e. The first-order valence-corrected chi connectivity index (χ1v) is 8.66. The molecule has 7 nitrogen and oxygen atoms in total. The molecule has 1 N–H and O–H groups in total. The summed E-state index contributed by atoms with van der Waals surface area (Å²) in [6, 6.07) is 2.41. The molecule has 2 atom stereocenters. The standard InChI is InChI=1S/C14H19N5O2S/c1-18(14-12-2-3-15-13(12)16-8-17-14)11-4-9-6-19(22(20)21)7-10(9)5-11/h2-3,8-11,22H,4-7H2,1H3,(H,15,16,17). The number of thiol groups is 1. The number of nitrogens with one attached hydrogen (secondary N) is 1. The second-order valence-electron chi connectivity index (χ2n) is 6.30. The molecule has 0 aromatic carbocycles. The van der Waals surface area contributed by atoms with Gasteiger partial charge in [-0.1, -0.05) is 0 Å². The van der Waals surface area contributed by atoms with Crippen LogP contribution in [-0.4, -0.2) is 53.9 Å². The fourth-order valence-electron chi connectivity index (χ4n) is 4.01. The van der Waals surface area contributed by atoms with Crippen molar-refractivity contribution in [1.29, 1.82) is 0 Å². The minimum absolute atomic E-state index is 0.412. The monoisotopic (exact) mass is 321 g/mol. The summed E-state index contributed by atoms with van der Waals surface area (Å²) in [4.78, 5) is 14.0. The predicted molar refractivity (Wildman–Crippen MR) is 84.2 cm³/mol. The molecule has 2 aliphatic rings. The molecular formula is C14H19N5O2S. The van der Waals surface area contributed by atoms with Gasteiger partial charge in [-0.25, -0.2) is 22.7 Å². The number of fused-ring (bicyclic) bond motifs is 2. The van der Waals surface area contributed by atoms with Gasteiger partial charge in [0.2, 0.25) is 10.9 Å². The summed E-state index contributed by atoms with van der Waals surface area (Å²) in [5.41, 5.74) is 0.851. The first kappa shape index (κ1) is 14.0. The van der Waals surface area contributed by atoms with E-state index in [2.05, 4.69) is 26.9 Å². The second-order valence-corrected chi connectivity index (χ2v) is 7.34. The van der Waals surface area contributed by atoms with E-state index >= 15 is 0 Å². The van der Waals surface area contributed by atoms with Crippen molar-refractivity contribution >= 4 is 27.7 Å². The van der Waals surface area contributed by atoms with Crippen LogP contribution in [0.2, 0.25) is 0 Å². The van der Waals surface area contributed by atoms with Crippen LogP contribution in [-0.2, 0) is 10.9 Å². The van der Waals surface area contributed by atoms with Crippen LogP contribution >= 0.6 is 0 Å². The zero-order valence-corrected chi connectivity index (χ0v) is 13.2. The highest BCUT2D eigenvalue weighted by Gasteiger charge is 2.43. The smallest absolute Gasteiger partial charge is 0.203 e. The molecule has 8 heteroatoms. The van der Waals surface area contributed by atoms with E-state index < -0.39 is 10.9 Å². The van der Waals surface area contributed by atoms with Gasteiger partial charge in [0.25, 0.3) is 0 Å². The van der Waals surface area contributed by atoms with E-state index in [9.17, 15) is 8.42 Å². The lowest BCUT2D eigenvalue weighted by Gasteiger charge is -2.27. The third kappa shape index (κ3) is 2.17. The Labute approximate surface area is 130 Å². The largest absolute Gasteiger partial charge is 0.356 e. The average molecular weight is 321 g/mol. The van der Waals surface area contributed by atoms with Gasteiger partial charge in [0, 0.05) is 32.4 Å². The quantitative estimate of drug-likeness (QED) is 0.811. The van der Waals surface area contributed by atoms with Crippen molar-refractivity contribution in [3.05, 3.63) is 18.6 Å². The fourth-order valence-corrected chi connectivity index (χ4v) is 4.69. The normalized spacial score (nSPS) is 28.5. The minimum atomic E-state index is -2.42. The second kappa shape index (κ2) is 5.20. The van der Waals surface area contributed by atoms with E-state index in [0.29, 0.717) is 31.0 Å². The van der Waals surface area contributed by atoms with Crippen molar-refractivity contribution in [1.82, 2.24) is 19.3 Å². The fraction of sp³-hybridized carbons (Fsp3) is 0.571. The number of hydrogen-bond donors (Lipinski definition) is 2. The first-order chi connectivity index (χ1) is 10.6. The van der Waals surface area contributed by atoms with Crippen molar-refractivity contribution in [3.63, 3.8) is 0 Å². The molecule has 118 valence electrons. The molecule has 3 heterocycles. The van der Waals surface area contributed by atoms with E-state index in [1.54, 1.807) is 10.6 Å². The summed E-state index contributed by atoms with van der Waals surface area (Å²) in [6.07, 6.45) is 5.51. The van der Waals surface area contributed by atoms with Gasteiger partial charge < -0.3 is 9.88 Å². The maximum absolute atomic E-state index is 11.1. The zero-order chi connectivity index (χ0) is 15.3. The summed E-state index contributed by atoms with van der Waals surface area (Å²) < 4.78 is 23.8. The highest BCUT2D eigenvalue weighted by molar-refractivity contribution is 7.69. The lowest BCUT2D eigenvalue weighted by Crippen LogP contribution is -2.32. The Morgan fingerprint density at radius 1 is 1.27 bits per heavy atom. The van der Waals surface area contributed by atoms with Crippen LogP contribution in [0.4, 0.5) is 5.82 Å². The average Bonchev–Trinajstić information content (AvgIpc) is 3.18. The summed E-state index contributed by atoms with van der Waals surface area (Å²) in [6.45, 7) is 1.36. The Balaban J connectivity index is 1.54. The summed E-state index contributed by atoms with van der Waals surface area (Å²) >= 11 is 0. The molecule has 1 saturated carbocycles. The molecule has 0 spiro atoms. The van der Waals surface area contributed by atoms with Crippen molar-refractivity contribution in [2.75, 3.05) is 25.0 Å². The molecule has 2 unspecified atom stereocenters. The molecule has 0 bridgehead atoms. The molecule has 2 fully saturated rings. The molecule has 1 aliphatic carbocycles. The molecule has 1 aliphatic heterocycles. The highest BCUT2D eigenvalue weighted by atomic mass is 32.2. The topological polar surface area (TPSA) is 82.2 Å². The van der Waals surface area contributed by atoms with Gasteiger partial charge >= 0.3 is 0 Å². The van der Waals surface area contributed by atoms with E-state index in [1.165, 1.54) is 0 Å². The Hall–Kier alpha value is -1.67. The van der Waals surface area contributed by atoms with Crippen LogP contribution in [0.15, 0.2) is 18.6 Å². The van der Waals surface area contributed by atoms with Crippen LogP contribution in [0.3, 0.4) is 0 Å². The van der Waals surface area contributed by atoms with Gasteiger partial charge in [-0.2, -0.15) is 0 Å². The van der Waals surface area contributed by atoms with Gasteiger partial charge in [-0.05, 0) is 30.7 Å². The SMILES string of the molecule is CN(c1ncnc2[nH]ccc12)C1CC2CN([SH](=O)=O)CC2C1. The molecule has 1 saturated heterocycles. The summed E-state index contributed by atoms with van der Waals surface area (Å²) in [5.74, 6) is 1.90. The zero-order valence-electron chi connectivity index (χ0n) is 12.3. The van der Waals surface area contributed by atoms with E-state index in [0.717, 1.165) is 29.7 Å². The number of anilines is 1. The molecule has 4 rings (SSSR count). The number of H-pyrrole nitrogens is 1. The maximum Gasteiger partial charge on any atom is 0.203 e. The van der Waals surface area contributed by atoms with Crippen LogP contribution in [0.25, 0.3) is 11.0 Å². The maximum atomic E-state index is 11.1. The summed E-state index contributed by atoms with van der Waals surface area (Å²) in [7, 11) is -0.346. The molecule has 0 amide bonds. The molecule has 0 radical (unpaired) electrons. The lowest BCUT2D eigenvalue weighted by atomic mass is 10.0. The van der Waals surface area contributed by atoms with Crippen LogP contribution in [0, 0.1) is 11.8 Å². The first-order valence-electron chi connectivity index (χ1n) is 7.53. The molecule has 2 aromatic rings. The predicted octanol–water partition coefficient (Wildman–Crippen LogP) is 0.631. The Morgan fingerprint density at radius 3 is 2.68 bits per heavy atom. The van der Waals surface area contributed by atoms with E-state index in [-0.39, 0.29) is 0 Å². The van der Waals surface area contributed by atoms with Crippen LogP contribution < -0.4 is 4.90 Å². The Morgan fingerprint density at radius 2 is 2.00 bits per heavy atom. The molecular weight excluding hydrogens is 302 g/mol. The molecule has 2 aromatic heterocycles. The number of nitrogens with zero attached hydrogens (tertiary/aromatic N) is 4. The number of aromatic amines is 1. The van der Waals surface area contributed by atoms with Crippen molar-refractivity contribution in [2.24, 2.45) is 11.8 Å². The van der Waals surface area contributed by atoms with Crippen LogP contribution in [0.1, 0.15) is 12.8 Å². The molecule has 22 heavy (non-hydrogen) atoms. The lowest BCUT2D eigenvalue weighted by molar-refractivity contribution is 0.446. The van der Waals surface area contributed by atoms with Gasteiger partial charge in [-0.15, -0.1) is 0 Å². The summed E-state index contributed by atoms with van der Waals surface area (Å²) in [5, 5.41) is 1.03. The third-order valence-electron chi connectivity index (χ3n) is 5.15. The Bertz CT molecular complexity index is 751.